The van der Waals surface area contributed by atoms with E-state index in [4.69, 9.17) is 11.6 Å². The van der Waals surface area contributed by atoms with Crippen molar-refractivity contribution in [1.82, 2.24) is 4.90 Å². The van der Waals surface area contributed by atoms with Crippen molar-refractivity contribution in [2.75, 3.05) is 25.5 Å². The van der Waals surface area contributed by atoms with Crippen molar-refractivity contribution in [1.29, 1.82) is 0 Å². The third kappa shape index (κ3) is 4.29. The minimum absolute atomic E-state index is 0.00226. The molecule has 2 N–H and O–H groups in total. The van der Waals surface area contributed by atoms with Gasteiger partial charge < -0.3 is 10.4 Å². The average molecular weight is 271 g/mol. The highest BCUT2D eigenvalue weighted by atomic mass is 35.5. The van der Waals surface area contributed by atoms with E-state index in [1.807, 2.05) is 13.8 Å². The molecule has 0 saturated carbocycles. The zero-order valence-electron chi connectivity index (χ0n) is 10.9. The second-order valence-corrected chi connectivity index (χ2v) is 5.32. The van der Waals surface area contributed by atoms with E-state index in [1.165, 1.54) is 0 Å². The summed E-state index contributed by atoms with van der Waals surface area (Å²) in [5.41, 5.74) is 0.289. The van der Waals surface area contributed by atoms with Crippen LogP contribution in [0.25, 0.3) is 0 Å². The lowest BCUT2D eigenvalue weighted by molar-refractivity contribution is -0.118. The summed E-state index contributed by atoms with van der Waals surface area (Å²) in [6, 6.07) is 6.94. The van der Waals surface area contributed by atoms with E-state index in [-0.39, 0.29) is 19.1 Å². The molecule has 0 radical (unpaired) electrons. The van der Waals surface area contributed by atoms with Crippen molar-refractivity contribution in [3.05, 3.63) is 29.3 Å². The number of carbonyl (C=O) groups excluding carboxylic acids is 1. The van der Waals surface area contributed by atoms with Gasteiger partial charge in [0.25, 0.3) is 0 Å². The second-order valence-electron chi connectivity index (χ2n) is 4.88. The van der Waals surface area contributed by atoms with E-state index >= 15 is 0 Å². The van der Waals surface area contributed by atoms with E-state index in [9.17, 15) is 9.90 Å². The fraction of sp³-hybridized carbons (Fsp3) is 0.462. The molecule has 0 heterocycles. The Kier molecular flexibility index (Phi) is 5.14. The molecule has 0 fully saturated rings. The Morgan fingerprint density at radius 3 is 2.44 bits per heavy atom. The summed E-state index contributed by atoms with van der Waals surface area (Å²) in [5, 5.41) is 12.6. The van der Waals surface area contributed by atoms with Gasteiger partial charge >= 0.3 is 0 Å². The number of carbonyl (C=O) groups is 1. The molecule has 1 aromatic carbocycles. The molecule has 100 valence electrons. The number of aliphatic hydroxyl groups excluding tert-OH is 1. The summed E-state index contributed by atoms with van der Waals surface area (Å²) in [5.74, 6) is -0.124. The summed E-state index contributed by atoms with van der Waals surface area (Å²) in [4.78, 5) is 13.6. The largest absolute Gasteiger partial charge is 0.394 e. The lowest BCUT2D eigenvalue weighted by Gasteiger charge is -2.33. The minimum Gasteiger partial charge on any atom is -0.394 e. The Morgan fingerprint density at radius 2 is 1.94 bits per heavy atom. The molecule has 1 amide bonds. The highest BCUT2D eigenvalue weighted by Gasteiger charge is 2.24. The zero-order valence-corrected chi connectivity index (χ0v) is 11.7. The number of rotatable bonds is 5. The summed E-state index contributed by atoms with van der Waals surface area (Å²) in [6.45, 7) is 3.97. The van der Waals surface area contributed by atoms with Crippen LogP contribution in [0, 0.1) is 0 Å². The molecule has 18 heavy (non-hydrogen) atoms. The number of nitrogens with zero attached hydrogens (tertiary/aromatic N) is 1. The monoisotopic (exact) mass is 270 g/mol. The van der Waals surface area contributed by atoms with Gasteiger partial charge in [0.15, 0.2) is 0 Å². The van der Waals surface area contributed by atoms with Crippen LogP contribution in [-0.2, 0) is 4.79 Å². The van der Waals surface area contributed by atoms with Gasteiger partial charge in [-0.3, -0.25) is 9.69 Å². The molecule has 0 bridgehead atoms. The van der Waals surface area contributed by atoms with E-state index < -0.39 is 5.54 Å². The number of halogens is 1. The van der Waals surface area contributed by atoms with Gasteiger partial charge in [-0.1, -0.05) is 11.6 Å². The van der Waals surface area contributed by atoms with Crippen LogP contribution < -0.4 is 5.32 Å². The molecule has 0 aliphatic rings. The van der Waals surface area contributed by atoms with Crippen molar-refractivity contribution in [3.63, 3.8) is 0 Å². The Hall–Kier alpha value is -1.10. The first-order valence-electron chi connectivity index (χ1n) is 5.72. The van der Waals surface area contributed by atoms with Gasteiger partial charge in [0.2, 0.25) is 5.91 Å². The summed E-state index contributed by atoms with van der Waals surface area (Å²) in [7, 11) is 1.80. The Morgan fingerprint density at radius 1 is 1.39 bits per heavy atom. The second kappa shape index (κ2) is 6.18. The molecule has 5 heteroatoms. The highest BCUT2D eigenvalue weighted by Crippen LogP contribution is 2.14. The van der Waals surface area contributed by atoms with Gasteiger partial charge in [0.05, 0.1) is 13.2 Å². The van der Waals surface area contributed by atoms with Gasteiger partial charge in [-0.2, -0.15) is 0 Å². The van der Waals surface area contributed by atoms with Gasteiger partial charge in [0.1, 0.15) is 0 Å². The maximum atomic E-state index is 11.8. The summed E-state index contributed by atoms with van der Waals surface area (Å²) >= 11 is 5.76. The number of aliphatic hydroxyl groups is 1. The first kappa shape index (κ1) is 15.0. The van der Waals surface area contributed by atoms with Crippen LogP contribution in [-0.4, -0.2) is 41.7 Å². The number of likely N-dealkylation sites (N-methyl/N-ethyl adjacent to an activating group) is 1. The van der Waals surface area contributed by atoms with E-state index in [0.29, 0.717) is 10.7 Å². The van der Waals surface area contributed by atoms with Crippen molar-refractivity contribution < 1.29 is 9.90 Å². The SMILES string of the molecule is CN(CC(=O)Nc1ccc(Cl)cc1)C(C)(C)CO. The van der Waals surface area contributed by atoms with Gasteiger partial charge in [-0.25, -0.2) is 0 Å². The van der Waals surface area contributed by atoms with Gasteiger partial charge in [-0.05, 0) is 45.2 Å². The molecule has 0 aromatic heterocycles. The summed E-state index contributed by atoms with van der Waals surface area (Å²) in [6.07, 6.45) is 0. The molecule has 4 nitrogen and oxygen atoms in total. The molecule has 1 rings (SSSR count). The Bertz CT molecular complexity index is 404. The topological polar surface area (TPSA) is 52.6 Å². The van der Waals surface area contributed by atoms with Crippen LogP contribution in [0.15, 0.2) is 24.3 Å². The zero-order chi connectivity index (χ0) is 13.8. The molecule has 0 saturated heterocycles. The van der Waals surface area contributed by atoms with Crippen LogP contribution in [0.1, 0.15) is 13.8 Å². The van der Waals surface area contributed by atoms with Crippen LogP contribution >= 0.6 is 11.6 Å². The Balaban J connectivity index is 2.54. The number of benzene rings is 1. The molecular formula is C13H19ClN2O2. The van der Waals surface area contributed by atoms with Crippen molar-refractivity contribution in [3.8, 4) is 0 Å². The molecular weight excluding hydrogens is 252 g/mol. The predicted octanol–water partition coefficient (Wildman–Crippen LogP) is 1.98. The van der Waals surface area contributed by atoms with Crippen molar-refractivity contribution in [2.45, 2.75) is 19.4 Å². The van der Waals surface area contributed by atoms with E-state index in [1.54, 1.807) is 36.2 Å². The maximum Gasteiger partial charge on any atom is 0.238 e. The van der Waals surface area contributed by atoms with Crippen LogP contribution in [0.3, 0.4) is 0 Å². The fourth-order valence-electron chi connectivity index (χ4n) is 1.28. The number of anilines is 1. The van der Waals surface area contributed by atoms with Crippen LogP contribution in [0.2, 0.25) is 5.02 Å². The third-order valence-electron chi connectivity index (χ3n) is 2.93. The number of nitrogens with one attached hydrogen (secondary N) is 1. The normalized spacial score (nSPS) is 11.7. The van der Waals surface area contributed by atoms with Crippen molar-refractivity contribution >= 4 is 23.2 Å². The fourth-order valence-corrected chi connectivity index (χ4v) is 1.41. The highest BCUT2D eigenvalue weighted by molar-refractivity contribution is 6.30. The number of hydrogen-bond acceptors (Lipinski definition) is 3. The van der Waals surface area contributed by atoms with Gasteiger partial charge in [0, 0.05) is 16.2 Å². The third-order valence-corrected chi connectivity index (χ3v) is 3.18. The minimum atomic E-state index is -0.419. The molecule has 0 atom stereocenters. The van der Waals surface area contributed by atoms with Crippen LogP contribution in [0.5, 0.6) is 0 Å². The molecule has 1 aromatic rings. The van der Waals surface area contributed by atoms with E-state index in [0.717, 1.165) is 0 Å². The van der Waals surface area contributed by atoms with Crippen LogP contribution in [0.4, 0.5) is 5.69 Å². The average Bonchev–Trinajstić information content (AvgIpc) is 2.32. The quantitative estimate of drug-likeness (QED) is 0.860. The predicted molar refractivity (Wildman–Crippen MR) is 73.9 cm³/mol. The number of amides is 1. The van der Waals surface area contributed by atoms with E-state index in [2.05, 4.69) is 5.32 Å². The molecule has 0 unspecified atom stereocenters. The molecule has 0 aliphatic carbocycles. The van der Waals surface area contributed by atoms with Gasteiger partial charge in [-0.15, -0.1) is 0 Å². The smallest absolute Gasteiger partial charge is 0.238 e. The standard InChI is InChI=1S/C13H19ClN2O2/c1-13(2,9-17)16(3)8-12(18)15-11-6-4-10(14)5-7-11/h4-7,17H,8-9H2,1-3H3,(H,15,18). The first-order valence-corrected chi connectivity index (χ1v) is 6.10. The lowest BCUT2D eigenvalue weighted by atomic mass is 10.1. The Labute approximate surface area is 113 Å². The lowest BCUT2D eigenvalue weighted by Crippen LogP contribution is -2.47. The number of hydrogen-bond donors (Lipinski definition) is 2. The molecule has 0 spiro atoms. The van der Waals surface area contributed by atoms with Crippen molar-refractivity contribution in [2.24, 2.45) is 0 Å². The maximum absolute atomic E-state index is 11.8. The summed E-state index contributed by atoms with van der Waals surface area (Å²) < 4.78 is 0. The first-order chi connectivity index (χ1) is 8.35. The molecule has 0 aliphatic heterocycles.